The standard InChI is InChI=1S/C15H24N2O2/c1-11-5-7-14(8-6-11)13(3)16-9-15(18)17-12(2)10-19-4/h5-8,12-13,16H,9-10H2,1-4H3,(H,17,18). The van der Waals surface area contributed by atoms with Crippen molar-refractivity contribution in [1.29, 1.82) is 0 Å². The van der Waals surface area contributed by atoms with Crippen LogP contribution < -0.4 is 10.6 Å². The van der Waals surface area contributed by atoms with Gasteiger partial charge in [-0.25, -0.2) is 0 Å². The minimum Gasteiger partial charge on any atom is -0.383 e. The first-order valence-electron chi connectivity index (χ1n) is 6.61. The Hall–Kier alpha value is -1.39. The maximum atomic E-state index is 11.7. The molecule has 0 spiro atoms. The molecule has 2 N–H and O–H groups in total. The molecule has 4 heteroatoms. The smallest absolute Gasteiger partial charge is 0.234 e. The molecule has 0 aromatic heterocycles. The normalized spacial score (nSPS) is 13.9. The van der Waals surface area contributed by atoms with Gasteiger partial charge < -0.3 is 15.4 Å². The SMILES string of the molecule is COCC(C)NC(=O)CNC(C)c1ccc(C)cc1. The molecular weight excluding hydrogens is 240 g/mol. The van der Waals surface area contributed by atoms with Crippen LogP contribution in [0.5, 0.6) is 0 Å². The summed E-state index contributed by atoms with van der Waals surface area (Å²) < 4.78 is 4.98. The summed E-state index contributed by atoms with van der Waals surface area (Å²) in [5.74, 6) is -0.0106. The van der Waals surface area contributed by atoms with Gasteiger partial charge in [-0.2, -0.15) is 0 Å². The summed E-state index contributed by atoms with van der Waals surface area (Å²) in [5.41, 5.74) is 2.42. The van der Waals surface area contributed by atoms with Crippen LogP contribution in [-0.2, 0) is 9.53 Å². The summed E-state index contributed by atoms with van der Waals surface area (Å²) in [4.78, 5) is 11.7. The van der Waals surface area contributed by atoms with Crippen LogP contribution in [0.3, 0.4) is 0 Å². The van der Waals surface area contributed by atoms with E-state index in [0.717, 1.165) is 0 Å². The minimum absolute atomic E-state index is 0.0106. The third-order valence-electron chi connectivity index (χ3n) is 2.97. The van der Waals surface area contributed by atoms with Crippen molar-refractivity contribution >= 4 is 5.91 Å². The average Bonchev–Trinajstić information content (AvgIpc) is 2.37. The van der Waals surface area contributed by atoms with Gasteiger partial charge in [-0.05, 0) is 26.3 Å². The van der Waals surface area contributed by atoms with Crippen molar-refractivity contribution in [2.75, 3.05) is 20.3 Å². The van der Waals surface area contributed by atoms with Crippen LogP contribution in [0, 0.1) is 6.92 Å². The molecule has 4 nitrogen and oxygen atoms in total. The second-order valence-electron chi connectivity index (χ2n) is 4.94. The molecular formula is C15H24N2O2. The van der Waals surface area contributed by atoms with Crippen molar-refractivity contribution in [1.82, 2.24) is 10.6 Å². The molecule has 0 radical (unpaired) electrons. The number of nitrogens with one attached hydrogen (secondary N) is 2. The van der Waals surface area contributed by atoms with E-state index in [-0.39, 0.29) is 18.0 Å². The van der Waals surface area contributed by atoms with Gasteiger partial charge in [-0.3, -0.25) is 4.79 Å². The molecule has 1 amide bonds. The first kappa shape index (κ1) is 15.7. The van der Waals surface area contributed by atoms with E-state index in [1.54, 1.807) is 7.11 Å². The van der Waals surface area contributed by atoms with Crippen LogP contribution in [0.25, 0.3) is 0 Å². The number of carbonyl (C=O) groups excluding carboxylic acids is 1. The van der Waals surface area contributed by atoms with Crippen molar-refractivity contribution in [2.45, 2.75) is 32.9 Å². The fourth-order valence-electron chi connectivity index (χ4n) is 1.84. The maximum Gasteiger partial charge on any atom is 0.234 e. The molecule has 0 aliphatic rings. The number of rotatable bonds is 7. The van der Waals surface area contributed by atoms with Gasteiger partial charge in [0, 0.05) is 19.2 Å². The number of aryl methyl sites for hydroxylation is 1. The lowest BCUT2D eigenvalue weighted by molar-refractivity contribution is -0.121. The molecule has 0 fully saturated rings. The van der Waals surface area contributed by atoms with Crippen molar-refractivity contribution < 1.29 is 9.53 Å². The molecule has 0 saturated carbocycles. The van der Waals surface area contributed by atoms with Gasteiger partial charge in [-0.15, -0.1) is 0 Å². The first-order valence-corrected chi connectivity index (χ1v) is 6.61. The molecule has 0 aliphatic carbocycles. The highest BCUT2D eigenvalue weighted by atomic mass is 16.5. The number of benzene rings is 1. The summed E-state index contributed by atoms with van der Waals surface area (Å²) in [7, 11) is 1.63. The van der Waals surface area contributed by atoms with Gasteiger partial charge in [0.15, 0.2) is 0 Å². The van der Waals surface area contributed by atoms with Crippen molar-refractivity contribution in [3.63, 3.8) is 0 Å². The Labute approximate surface area is 115 Å². The van der Waals surface area contributed by atoms with Crippen molar-refractivity contribution in [3.05, 3.63) is 35.4 Å². The zero-order valence-electron chi connectivity index (χ0n) is 12.2. The van der Waals surface area contributed by atoms with Gasteiger partial charge in [-0.1, -0.05) is 29.8 Å². The predicted molar refractivity (Wildman–Crippen MR) is 77.1 cm³/mol. The Kier molecular flexibility index (Phi) is 6.53. The van der Waals surface area contributed by atoms with Crippen molar-refractivity contribution in [2.24, 2.45) is 0 Å². The number of carbonyl (C=O) groups is 1. The number of methoxy groups -OCH3 is 1. The lowest BCUT2D eigenvalue weighted by Crippen LogP contribution is -2.41. The number of hydrogen-bond acceptors (Lipinski definition) is 3. The largest absolute Gasteiger partial charge is 0.383 e. The molecule has 0 bridgehead atoms. The molecule has 0 heterocycles. The minimum atomic E-state index is -0.0106. The topological polar surface area (TPSA) is 50.4 Å². The summed E-state index contributed by atoms with van der Waals surface area (Å²) in [5, 5.41) is 6.08. The summed E-state index contributed by atoms with van der Waals surface area (Å²) >= 11 is 0. The van der Waals surface area contributed by atoms with Crippen LogP contribution in [0.4, 0.5) is 0 Å². The highest BCUT2D eigenvalue weighted by molar-refractivity contribution is 5.78. The maximum absolute atomic E-state index is 11.7. The Morgan fingerprint density at radius 3 is 2.47 bits per heavy atom. The molecule has 2 unspecified atom stereocenters. The molecule has 106 valence electrons. The second-order valence-corrected chi connectivity index (χ2v) is 4.94. The van der Waals surface area contributed by atoms with E-state index >= 15 is 0 Å². The third-order valence-corrected chi connectivity index (χ3v) is 2.97. The molecule has 1 aromatic rings. The molecule has 0 saturated heterocycles. The fourth-order valence-corrected chi connectivity index (χ4v) is 1.84. The van der Waals surface area contributed by atoms with E-state index < -0.39 is 0 Å². The molecule has 2 atom stereocenters. The molecule has 0 aliphatic heterocycles. The number of amides is 1. The number of ether oxygens (including phenoxy) is 1. The zero-order chi connectivity index (χ0) is 14.3. The molecule has 1 aromatic carbocycles. The predicted octanol–water partition coefficient (Wildman–Crippen LogP) is 1.80. The first-order chi connectivity index (χ1) is 9.02. The highest BCUT2D eigenvalue weighted by Gasteiger charge is 2.09. The molecule has 1 rings (SSSR count). The molecule has 19 heavy (non-hydrogen) atoms. The van der Waals surface area contributed by atoms with E-state index in [1.165, 1.54) is 11.1 Å². The summed E-state index contributed by atoms with van der Waals surface area (Å²) in [6, 6.07) is 8.51. The lowest BCUT2D eigenvalue weighted by Gasteiger charge is -2.16. The van der Waals surface area contributed by atoms with Crippen molar-refractivity contribution in [3.8, 4) is 0 Å². The van der Waals surface area contributed by atoms with Gasteiger partial charge in [0.2, 0.25) is 5.91 Å². The van der Waals surface area contributed by atoms with E-state index in [2.05, 4.69) is 48.7 Å². The van der Waals surface area contributed by atoms with Crippen LogP contribution >= 0.6 is 0 Å². The summed E-state index contributed by atoms with van der Waals surface area (Å²) in [6.07, 6.45) is 0. The van der Waals surface area contributed by atoms with Crippen LogP contribution in [0.15, 0.2) is 24.3 Å². The van der Waals surface area contributed by atoms with Gasteiger partial charge in [0.25, 0.3) is 0 Å². The van der Waals surface area contributed by atoms with E-state index in [1.807, 2.05) is 6.92 Å². The fraction of sp³-hybridized carbons (Fsp3) is 0.533. The Morgan fingerprint density at radius 2 is 1.89 bits per heavy atom. The van der Waals surface area contributed by atoms with E-state index in [4.69, 9.17) is 4.74 Å². The Morgan fingerprint density at radius 1 is 1.26 bits per heavy atom. The van der Waals surface area contributed by atoms with Crippen LogP contribution in [-0.4, -0.2) is 32.2 Å². The third kappa shape index (κ3) is 5.85. The van der Waals surface area contributed by atoms with Gasteiger partial charge >= 0.3 is 0 Å². The summed E-state index contributed by atoms with van der Waals surface area (Å²) in [6.45, 7) is 6.87. The lowest BCUT2D eigenvalue weighted by atomic mass is 10.1. The van der Waals surface area contributed by atoms with E-state index in [0.29, 0.717) is 13.2 Å². The van der Waals surface area contributed by atoms with E-state index in [9.17, 15) is 4.79 Å². The quantitative estimate of drug-likeness (QED) is 0.789. The van der Waals surface area contributed by atoms with Gasteiger partial charge in [0.1, 0.15) is 0 Å². The second kappa shape index (κ2) is 7.92. The zero-order valence-corrected chi connectivity index (χ0v) is 12.2. The van der Waals surface area contributed by atoms with Crippen LogP contribution in [0.2, 0.25) is 0 Å². The Balaban J connectivity index is 2.35. The average molecular weight is 264 g/mol. The monoisotopic (exact) mass is 264 g/mol. The number of hydrogen-bond donors (Lipinski definition) is 2. The Bertz CT molecular complexity index is 390. The van der Waals surface area contributed by atoms with Gasteiger partial charge in [0.05, 0.1) is 13.2 Å². The highest BCUT2D eigenvalue weighted by Crippen LogP contribution is 2.12. The van der Waals surface area contributed by atoms with Crippen LogP contribution in [0.1, 0.15) is 31.0 Å².